The molecule has 0 aliphatic rings. The summed E-state index contributed by atoms with van der Waals surface area (Å²) in [5, 5.41) is 9.19. The molecule has 0 aliphatic heterocycles. The summed E-state index contributed by atoms with van der Waals surface area (Å²) < 4.78 is 12.0. The molecule has 0 radical (unpaired) electrons. The Morgan fingerprint density at radius 2 is 2.33 bits per heavy atom. The summed E-state index contributed by atoms with van der Waals surface area (Å²) in [6.45, 7) is 3.29. The minimum atomic E-state index is -2.05. The maximum absolute atomic E-state index is 12.0. The lowest BCUT2D eigenvalue weighted by atomic mass is 10.2. The average molecular weight is 177 g/mol. The normalized spacial score (nSPS) is 12.3. The van der Waals surface area contributed by atoms with E-state index in [-0.39, 0.29) is 5.57 Å². The van der Waals surface area contributed by atoms with E-state index in [0.717, 1.165) is 5.06 Å². The van der Waals surface area contributed by atoms with Crippen LogP contribution in [0.1, 0.15) is 6.42 Å². The van der Waals surface area contributed by atoms with Gasteiger partial charge in [0.2, 0.25) is 6.36 Å². The van der Waals surface area contributed by atoms with E-state index in [2.05, 4.69) is 11.4 Å². The third kappa shape index (κ3) is 3.45. The van der Waals surface area contributed by atoms with Gasteiger partial charge in [0, 0.05) is 19.0 Å². The summed E-state index contributed by atoms with van der Waals surface area (Å²) >= 11 is 0. The molecule has 0 fully saturated rings. The van der Waals surface area contributed by atoms with Crippen molar-refractivity contribution in [2.24, 2.45) is 0 Å². The molecular formula is C7H12FNO3. The first kappa shape index (κ1) is 11.1. The number of rotatable bonds is 4. The minimum Gasteiger partial charge on any atom is -0.364 e. The first-order valence-electron chi connectivity index (χ1n) is 3.31. The van der Waals surface area contributed by atoms with Crippen LogP contribution in [0.2, 0.25) is 0 Å². The predicted molar refractivity (Wildman–Crippen MR) is 40.7 cm³/mol. The van der Waals surface area contributed by atoms with Crippen LogP contribution in [0.3, 0.4) is 0 Å². The Hall–Kier alpha value is -0.940. The van der Waals surface area contributed by atoms with Crippen LogP contribution in [0.15, 0.2) is 12.2 Å². The van der Waals surface area contributed by atoms with Gasteiger partial charge in [-0.25, -0.2) is 9.45 Å². The number of carbonyl (C=O) groups excluding carboxylic acids is 1. The molecular weight excluding hydrogens is 165 g/mol. The predicted octanol–water partition coefficient (Wildman–Crippen LogP) is 0.240. The van der Waals surface area contributed by atoms with Crippen molar-refractivity contribution < 1.29 is 19.1 Å². The lowest BCUT2D eigenvalue weighted by molar-refractivity contribution is -0.164. The molecule has 0 rings (SSSR count). The maximum atomic E-state index is 12.0. The van der Waals surface area contributed by atoms with Gasteiger partial charge in [-0.3, -0.25) is 9.63 Å². The molecule has 5 heteroatoms. The van der Waals surface area contributed by atoms with Crippen LogP contribution in [0, 0.1) is 0 Å². The summed E-state index contributed by atoms with van der Waals surface area (Å²) in [5.41, 5.74) is -0.0330. The smallest absolute Gasteiger partial charge is 0.272 e. The van der Waals surface area contributed by atoms with Crippen molar-refractivity contribution in [1.82, 2.24) is 5.06 Å². The zero-order valence-electron chi connectivity index (χ0n) is 7.08. The molecule has 0 saturated carbocycles. The molecule has 0 aromatic heterocycles. The molecule has 1 unspecified atom stereocenters. The number of hydrogen-bond acceptors (Lipinski definition) is 3. The second-order valence-corrected chi connectivity index (χ2v) is 2.23. The van der Waals surface area contributed by atoms with Crippen LogP contribution in [-0.2, 0) is 9.63 Å². The van der Waals surface area contributed by atoms with E-state index in [4.69, 9.17) is 5.11 Å². The summed E-state index contributed by atoms with van der Waals surface area (Å²) in [6.07, 6.45) is -2.45. The largest absolute Gasteiger partial charge is 0.364 e. The summed E-state index contributed by atoms with van der Waals surface area (Å²) in [7, 11) is 2.68. The Kier molecular flexibility index (Phi) is 4.46. The van der Waals surface area contributed by atoms with E-state index in [1.54, 1.807) is 0 Å². The fourth-order valence-electron chi connectivity index (χ4n) is 0.596. The van der Waals surface area contributed by atoms with Gasteiger partial charge in [-0.1, -0.05) is 6.58 Å². The highest BCUT2D eigenvalue weighted by molar-refractivity contribution is 5.91. The number of halogens is 1. The van der Waals surface area contributed by atoms with Crippen LogP contribution in [0.25, 0.3) is 0 Å². The number of hydrogen-bond donors (Lipinski definition) is 1. The monoisotopic (exact) mass is 177 g/mol. The number of nitrogens with zero attached hydrogens (tertiary/aromatic N) is 1. The molecule has 0 aromatic carbocycles. The molecule has 70 valence electrons. The van der Waals surface area contributed by atoms with Gasteiger partial charge in [0.1, 0.15) is 0 Å². The molecule has 0 bridgehead atoms. The van der Waals surface area contributed by atoms with Gasteiger partial charge in [0.25, 0.3) is 5.91 Å². The van der Waals surface area contributed by atoms with E-state index >= 15 is 0 Å². The Balaban J connectivity index is 4.02. The highest BCUT2D eigenvalue weighted by Gasteiger charge is 2.15. The average Bonchev–Trinajstić information content (AvgIpc) is 2.00. The van der Waals surface area contributed by atoms with Crippen molar-refractivity contribution in [2.75, 3.05) is 14.2 Å². The quantitative estimate of drug-likeness (QED) is 0.494. The molecule has 0 saturated heterocycles. The number of aliphatic hydroxyl groups excluding tert-OH is 1. The third-order valence-corrected chi connectivity index (χ3v) is 1.28. The molecule has 0 aromatic rings. The Bertz CT molecular complexity index is 181. The third-order valence-electron chi connectivity index (χ3n) is 1.28. The van der Waals surface area contributed by atoms with E-state index in [1.807, 2.05) is 0 Å². The Morgan fingerprint density at radius 1 is 1.83 bits per heavy atom. The highest BCUT2D eigenvalue weighted by Crippen LogP contribution is 2.06. The first-order valence-corrected chi connectivity index (χ1v) is 3.31. The molecule has 4 nitrogen and oxygen atoms in total. The summed E-state index contributed by atoms with van der Waals surface area (Å²) in [4.78, 5) is 15.6. The van der Waals surface area contributed by atoms with Crippen LogP contribution in [0.5, 0.6) is 0 Å². The number of carbonyl (C=O) groups is 1. The van der Waals surface area contributed by atoms with Crippen molar-refractivity contribution in [3.05, 3.63) is 12.2 Å². The Labute approximate surface area is 70.2 Å². The van der Waals surface area contributed by atoms with E-state index < -0.39 is 18.7 Å². The molecule has 0 spiro atoms. The van der Waals surface area contributed by atoms with Crippen LogP contribution >= 0.6 is 0 Å². The lowest BCUT2D eigenvalue weighted by Gasteiger charge is -2.14. The standard InChI is InChI=1S/C7H12FNO3/c1-5(4-6(8)10)7(11)9(2)12-3/h6,10H,1,4H2,2-3H3. The van der Waals surface area contributed by atoms with Crippen LogP contribution in [0.4, 0.5) is 4.39 Å². The summed E-state index contributed by atoms with van der Waals surface area (Å²) in [5.74, 6) is -0.547. The van der Waals surface area contributed by atoms with E-state index in [1.165, 1.54) is 14.2 Å². The van der Waals surface area contributed by atoms with E-state index in [9.17, 15) is 9.18 Å². The van der Waals surface area contributed by atoms with Crippen molar-refractivity contribution in [1.29, 1.82) is 0 Å². The number of aliphatic hydroxyl groups is 1. The maximum Gasteiger partial charge on any atom is 0.272 e. The molecule has 12 heavy (non-hydrogen) atoms. The van der Waals surface area contributed by atoms with Gasteiger partial charge in [-0.15, -0.1) is 0 Å². The Morgan fingerprint density at radius 3 is 2.67 bits per heavy atom. The minimum absolute atomic E-state index is 0.0330. The zero-order valence-corrected chi connectivity index (χ0v) is 7.08. The van der Waals surface area contributed by atoms with Crippen molar-refractivity contribution in [3.8, 4) is 0 Å². The zero-order chi connectivity index (χ0) is 9.72. The van der Waals surface area contributed by atoms with Crippen LogP contribution in [-0.4, -0.2) is 36.6 Å². The SMILES string of the molecule is C=C(CC(O)F)C(=O)N(C)OC. The number of alkyl halides is 1. The van der Waals surface area contributed by atoms with Crippen molar-refractivity contribution in [2.45, 2.75) is 12.8 Å². The van der Waals surface area contributed by atoms with Gasteiger partial charge >= 0.3 is 0 Å². The highest BCUT2D eigenvalue weighted by atomic mass is 19.1. The molecule has 1 N–H and O–H groups in total. The second kappa shape index (κ2) is 4.84. The van der Waals surface area contributed by atoms with E-state index in [0.29, 0.717) is 0 Å². The number of hydroxylamine groups is 2. The number of amides is 1. The summed E-state index contributed by atoms with van der Waals surface area (Å²) in [6, 6.07) is 0. The van der Waals surface area contributed by atoms with Gasteiger partial charge in [-0.05, 0) is 0 Å². The van der Waals surface area contributed by atoms with Gasteiger partial charge in [-0.2, -0.15) is 0 Å². The fourth-order valence-corrected chi connectivity index (χ4v) is 0.596. The van der Waals surface area contributed by atoms with Crippen LogP contribution < -0.4 is 0 Å². The van der Waals surface area contributed by atoms with Crippen molar-refractivity contribution in [3.63, 3.8) is 0 Å². The molecule has 0 heterocycles. The van der Waals surface area contributed by atoms with Gasteiger partial charge in [0.05, 0.1) is 7.11 Å². The van der Waals surface area contributed by atoms with Crippen molar-refractivity contribution >= 4 is 5.91 Å². The second-order valence-electron chi connectivity index (χ2n) is 2.23. The van der Waals surface area contributed by atoms with Gasteiger partial charge < -0.3 is 5.11 Å². The fraction of sp³-hybridized carbons (Fsp3) is 0.571. The van der Waals surface area contributed by atoms with Gasteiger partial charge in [0.15, 0.2) is 0 Å². The molecule has 1 amide bonds. The number of likely N-dealkylation sites (N-methyl/N-ethyl adjacent to an activating group) is 1. The molecule has 1 atom stereocenters. The topological polar surface area (TPSA) is 49.8 Å². The molecule has 0 aliphatic carbocycles. The first-order chi connectivity index (χ1) is 5.49. The lowest BCUT2D eigenvalue weighted by Crippen LogP contribution is -2.27.